The zero-order chi connectivity index (χ0) is 16.8. The van der Waals surface area contributed by atoms with Crippen LogP contribution in [0.3, 0.4) is 0 Å². The predicted octanol–water partition coefficient (Wildman–Crippen LogP) is 1.65. The van der Waals surface area contributed by atoms with Crippen LogP contribution in [0.1, 0.15) is 25.5 Å². The number of nitrogens with one attached hydrogen (secondary N) is 1. The Labute approximate surface area is 143 Å². The van der Waals surface area contributed by atoms with E-state index in [-0.39, 0.29) is 6.61 Å². The molecule has 0 radical (unpaired) electrons. The van der Waals surface area contributed by atoms with Gasteiger partial charge in [-0.1, -0.05) is 6.92 Å². The van der Waals surface area contributed by atoms with Gasteiger partial charge in [-0.2, -0.15) is 0 Å². The van der Waals surface area contributed by atoms with E-state index in [0.29, 0.717) is 12.6 Å². The largest absolute Gasteiger partial charge is 0.395 e. The number of rotatable bonds is 6. The molecule has 1 saturated heterocycles. The third kappa shape index (κ3) is 4.07. The summed E-state index contributed by atoms with van der Waals surface area (Å²) in [6.45, 7) is 4.93. The summed E-state index contributed by atoms with van der Waals surface area (Å²) in [6, 6.07) is 6.49. The van der Waals surface area contributed by atoms with Gasteiger partial charge >= 0.3 is 0 Å². The molecule has 2 aromatic rings. The summed E-state index contributed by atoms with van der Waals surface area (Å²) < 4.78 is 0. The molecular weight excluding hydrogens is 302 g/mol. The molecule has 0 aromatic carbocycles. The molecule has 0 saturated carbocycles. The van der Waals surface area contributed by atoms with E-state index in [2.05, 4.69) is 33.2 Å². The van der Waals surface area contributed by atoms with E-state index in [1.165, 1.54) is 0 Å². The van der Waals surface area contributed by atoms with Gasteiger partial charge in [-0.15, -0.1) is 0 Å². The van der Waals surface area contributed by atoms with Crippen LogP contribution in [0.15, 0.2) is 30.6 Å². The Hall–Kier alpha value is -2.05. The minimum Gasteiger partial charge on any atom is -0.395 e. The average molecular weight is 327 g/mol. The summed E-state index contributed by atoms with van der Waals surface area (Å²) in [5.41, 5.74) is 2.06. The first-order valence-electron chi connectivity index (χ1n) is 8.67. The molecule has 0 spiro atoms. The fourth-order valence-electron chi connectivity index (χ4n) is 3.04. The highest BCUT2D eigenvalue weighted by molar-refractivity contribution is 5.57. The number of hydrogen-bond acceptors (Lipinski definition) is 6. The summed E-state index contributed by atoms with van der Waals surface area (Å²) in [5, 5.41) is 12.3. The van der Waals surface area contributed by atoms with E-state index >= 15 is 0 Å². The van der Waals surface area contributed by atoms with Gasteiger partial charge in [0.05, 0.1) is 6.61 Å². The number of anilines is 1. The maximum atomic E-state index is 8.93. The number of aromatic nitrogens is 3. The topological polar surface area (TPSA) is 74.2 Å². The number of hydrogen-bond donors (Lipinski definition) is 2. The van der Waals surface area contributed by atoms with Crippen molar-refractivity contribution in [3.63, 3.8) is 0 Å². The van der Waals surface area contributed by atoms with Gasteiger partial charge in [-0.3, -0.25) is 4.98 Å². The number of pyridine rings is 1. The van der Waals surface area contributed by atoms with Gasteiger partial charge in [0.15, 0.2) is 5.82 Å². The second-order valence-corrected chi connectivity index (χ2v) is 6.07. The Balaban J connectivity index is 1.76. The molecule has 24 heavy (non-hydrogen) atoms. The van der Waals surface area contributed by atoms with Crippen LogP contribution in [0.2, 0.25) is 0 Å². The lowest BCUT2D eigenvalue weighted by Gasteiger charge is -2.33. The molecule has 0 amide bonds. The van der Waals surface area contributed by atoms with Crippen molar-refractivity contribution in [2.75, 3.05) is 31.1 Å². The Morgan fingerprint density at radius 2 is 1.96 bits per heavy atom. The van der Waals surface area contributed by atoms with Crippen LogP contribution in [0.5, 0.6) is 0 Å². The Morgan fingerprint density at radius 3 is 2.62 bits per heavy atom. The molecule has 6 nitrogen and oxygen atoms in total. The van der Waals surface area contributed by atoms with Crippen molar-refractivity contribution >= 4 is 5.82 Å². The molecule has 0 atom stereocenters. The van der Waals surface area contributed by atoms with Crippen molar-refractivity contribution in [3.8, 4) is 11.4 Å². The number of aliphatic hydroxyl groups is 1. The summed E-state index contributed by atoms with van der Waals surface area (Å²) in [5.74, 6) is 1.78. The Kier molecular flexibility index (Phi) is 5.72. The standard InChI is InChI=1S/C18H25N5O/c1-2-15-13-17(22-18(21-15)14-3-7-19-8-4-14)23-10-5-16(6-11-23)20-9-12-24/h3-4,7-8,13,16,20,24H,2,5-6,9-12H2,1H3. The lowest BCUT2D eigenvalue weighted by Crippen LogP contribution is -2.43. The second-order valence-electron chi connectivity index (χ2n) is 6.07. The maximum Gasteiger partial charge on any atom is 0.161 e. The number of aliphatic hydroxyl groups excluding tert-OH is 1. The molecule has 3 rings (SSSR count). The molecule has 2 aromatic heterocycles. The summed E-state index contributed by atoms with van der Waals surface area (Å²) in [4.78, 5) is 15.9. The van der Waals surface area contributed by atoms with Gasteiger partial charge in [-0.25, -0.2) is 9.97 Å². The molecule has 0 bridgehead atoms. The molecule has 128 valence electrons. The zero-order valence-corrected chi connectivity index (χ0v) is 14.1. The highest BCUT2D eigenvalue weighted by Gasteiger charge is 2.20. The molecule has 1 aliphatic heterocycles. The number of aryl methyl sites for hydroxylation is 1. The lowest BCUT2D eigenvalue weighted by molar-refractivity contribution is 0.277. The van der Waals surface area contributed by atoms with Crippen LogP contribution in [0.4, 0.5) is 5.82 Å². The summed E-state index contributed by atoms with van der Waals surface area (Å²) >= 11 is 0. The molecule has 3 heterocycles. The zero-order valence-electron chi connectivity index (χ0n) is 14.1. The van der Waals surface area contributed by atoms with E-state index in [0.717, 1.165) is 55.3 Å². The molecular formula is C18H25N5O. The van der Waals surface area contributed by atoms with Crippen molar-refractivity contribution in [1.82, 2.24) is 20.3 Å². The SMILES string of the molecule is CCc1cc(N2CCC(NCCO)CC2)nc(-c2ccncc2)n1. The highest BCUT2D eigenvalue weighted by Crippen LogP contribution is 2.23. The normalized spacial score (nSPS) is 15.7. The van der Waals surface area contributed by atoms with Crippen molar-refractivity contribution in [2.45, 2.75) is 32.2 Å². The third-order valence-corrected chi connectivity index (χ3v) is 4.43. The first-order valence-corrected chi connectivity index (χ1v) is 8.67. The average Bonchev–Trinajstić information content (AvgIpc) is 2.67. The van der Waals surface area contributed by atoms with Crippen LogP contribution < -0.4 is 10.2 Å². The van der Waals surface area contributed by atoms with E-state index in [4.69, 9.17) is 10.1 Å². The predicted molar refractivity (Wildman–Crippen MR) is 95.0 cm³/mol. The van der Waals surface area contributed by atoms with Gasteiger partial charge in [0.25, 0.3) is 0 Å². The van der Waals surface area contributed by atoms with Crippen LogP contribution in [-0.2, 0) is 6.42 Å². The van der Waals surface area contributed by atoms with E-state index in [9.17, 15) is 0 Å². The quantitative estimate of drug-likeness (QED) is 0.840. The fraction of sp³-hybridized carbons (Fsp3) is 0.500. The molecule has 1 aliphatic rings. The fourth-order valence-corrected chi connectivity index (χ4v) is 3.04. The van der Waals surface area contributed by atoms with E-state index in [1.54, 1.807) is 12.4 Å². The molecule has 2 N–H and O–H groups in total. The molecule has 0 aliphatic carbocycles. The first kappa shape index (κ1) is 16.8. The van der Waals surface area contributed by atoms with E-state index in [1.807, 2.05) is 12.1 Å². The molecule has 0 unspecified atom stereocenters. The highest BCUT2D eigenvalue weighted by atomic mass is 16.3. The van der Waals surface area contributed by atoms with Crippen LogP contribution in [0, 0.1) is 0 Å². The summed E-state index contributed by atoms with van der Waals surface area (Å²) in [7, 11) is 0. The lowest BCUT2D eigenvalue weighted by atomic mass is 10.0. The van der Waals surface area contributed by atoms with Crippen molar-refractivity contribution in [3.05, 3.63) is 36.3 Å². The van der Waals surface area contributed by atoms with Gasteiger partial charge in [0.2, 0.25) is 0 Å². The monoisotopic (exact) mass is 327 g/mol. The van der Waals surface area contributed by atoms with Gasteiger partial charge < -0.3 is 15.3 Å². The Morgan fingerprint density at radius 1 is 1.21 bits per heavy atom. The van der Waals surface area contributed by atoms with Crippen LogP contribution in [0.25, 0.3) is 11.4 Å². The van der Waals surface area contributed by atoms with E-state index < -0.39 is 0 Å². The van der Waals surface area contributed by atoms with Gasteiger partial charge in [0.1, 0.15) is 5.82 Å². The minimum atomic E-state index is 0.196. The van der Waals surface area contributed by atoms with Gasteiger partial charge in [0, 0.05) is 55.4 Å². The van der Waals surface area contributed by atoms with Crippen molar-refractivity contribution in [1.29, 1.82) is 0 Å². The Bertz CT molecular complexity index is 641. The smallest absolute Gasteiger partial charge is 0.161 e. The first-order chi connectivity index (χ1) is 11.8. The maximum absolute atomic E-state index is 8.93. The van der Waals surface area contributed by atoms with Crippen molar-refractivity contribution < 1.29 is 5.11 Å². The van der Waals surface area contributed by atoms with Crippen LogP contribution in [-0.4, -0.2) is 52.3 Å². The summed E-state index contributed by atoms with van der Waals surface area (Å²) in [6.07, 6.45) is 6.57. The third-order valence-electron chi connectivity index (χ3n) is 4.43. The molecule has 6 heteroatoms. The number of piperidine rings is 1. The molecule has 1 fully saturated rings. The second kappa shape index (κ2) is 8.17. The van der Waals surface area contributed by atoms with Gasteiger partial charge in [-0.05, 0) is 31.4 Å². The number of nitrogens with zero attached hydrogens (tertiary/aromatic N) is 4. The van der Waals surface area contributed by atoms with Crippen molar-refractivity contribution in [2.24, 2.45) is 0 Å². The minimum absolute atomic E-state index is 0.196. The van der Waals surface area contributed by atoms with Crippen LogP contribution >= 0.6 is 0 Å².